The first-order chi connectivity index (χ1) is 8.62. The molecule has 3 N–H and O–H groups in total. The van der Waals surface area contributed by atoms with E-state index < -0.39 is 40.8 Å². The van der Waals surface area contributed by atoms with Crippen LogP contribution in [0.15, 0.2) is 0 Å². The van der Waals surface area contributed by atoms with Crippen LogP contribution in [0.25, 0.3) is 0 Å². The average molecular weight is 304 g/mol. The van der Waals surface area contributed by atoms with Gasteiger partial charge in [-0.15, -0.1) is 0 Å². The lowest BCUT2D eigenvalue weighted by Gasteiger charge is -2.08. The van der Waals surface area contributed by atoms with Gasteiger partial charge in [-0.1, -0.05) is 11.8 Å². The summed E-state index contributed by atoms with van der Waals surface area (Å²) >= 11 is 0.552. The van der Waals surface area contributed by atoms with Gasteiger partial charge in [0.2, 0.25) is 5.88 Å². The molecule has 1 rings (SSSR count). The number of rotatable bonds is 4. The quantitative estimate of drug-likeness (QED) is 0.508. The normalized spacial score (nSPS) is 11.9. The highest BCUT2D eigenvalue weighted by molar-refractivity contribution is 8.13. The smallest absolute Gasteiger partial charge is 0.417 e. The summed E-state index contributed by atoms with van der Waals surface area (Å²) in [5.74, 6) is -1.14. The van der Waals surface area contributed by atoms with E-state index >= 15 is 0 Å². The average Bonchev–Trinajstić information content (AvgIpc) is 2.52. The van der Waals surface area contributed by atoms with Crippen molar-refractivity contribution in [1.29, 1.82) is 5.41 Å². The van der Waals surface area contributed by atoms with Gasteiger partial charge < -0.3 is 10.5 Å². The van der Waals surface area contributed by atoms with Crippen LogP contribution in [-0.4, -0.2) is 21.6 Å². The van der Waals surface area contributed by atoms with Crippen molar-refractivity contribution in [3.8, 4) is 5.88 Å². The number of nitrogens with one attached hydrogen (secondary N) is 1. The van der Waals surface area contributed by atoms with E-state index in [1.807, 2.05) is 0 Å². The molecule has 0 atom stereocenters. The second-order valence-electron chi connectivity index (χ2n) is 3.29. The first-order valence-electron chi connectivity index (χ1n) is 4.67. The third-order valence-corrected chi connectivity index (χ3v) is 2.67. The predicted molar refractivity (Wildman–Crippen MR) is 58.1 cm³/mol. The van der Waals surface area contributed by atoms with E-state index in [0.717, 1.165) is 7.05 Å². The Morgan fingerprint density at radius 1 is 1.53 bits per heavy atom. The lowest BCUT2D eigenvalue weighted by atomic mass is 10.2. The van der Waals surface area contributed by atoms with Gasteiger partial charge in [-0.2, -0.15) is 27.1 Å². The summed E-state index contributed by atoms with van der Waals surface area (Å²) < 4.78 is 67.0. The Hall–Kier alpha value is -1.52. The molecule has 0 saturated heterocycles. The molecular weight excluding hydrogens is 295 g/mol. The second kappa shape index (κ2) is 5.63. The van der Waals surface area contributed by atoms with Crippen molar-refractivity contribution in [2.75, 3.05) is 0 Å². The molecule has 0 aliphatic heterocycles. The minimum Gasteiger partial charge on any atom is -0.417 e. The van der Waals surface area contributed by atoms with Gasteiger partial charge in [0.1, 0.15) is 0 Å². The fourth-order valence-corrected chi connectivity index (χ4v) is 1.85. The van der Waals surface area contributed by atoms with Crippen LogP contribution in [0, 0.1) is 5.41 Å². The number of alkyl halides is 5. The van der Waals surface area contributed by atoms with Crippen molar-refractivity contribution in [3.05, 3.63) is 11.3 Å². The maximum Gasteiger partial charge on any atom is 0.435 e. The molecule has 0 aromatic carbocycles. The summed E-state index contributed by atoms with van der Waals surface area (Å²) in [4.78, 5) is 0. The van der Waals surface area contributed by atoms with Crippen molar-refractivity contribution in [2.24, 2.45) is 12.8 Å². The fourth-order valence-electron chi connectivity index (χ4n) is 1.29. The maximum atomic E-state index is 12.7. The first-order valence-corrected chi connectivity index (χ1v) is 5.66. The number of amidine groups is 1. The van der Waals surface area contributed by atoms with Gasteiger partial charge in [0.25, 0.3) is 0 Å². The van der Waals surface area contributed by atoms with Crippen LogP contribution in [0.5, 0.6) is 5.88 Å². The molecule has 19 heavy (non-hydrogen) atoms. The summed E-state index contributed by atoms with van der Waals surface area (Å²) in [5, 5.41) is 9.61. The molecule has 5 nitrogen and oxygen atoms in total. The third kappa shape index (κ3) is 3.98. The van der Waals surface area contributed by atoms with Gasteiger partial charge in [0.05, 0.1) is 5.56 Å². The number of hydrogen-bond acceptors (Lipinski definition) is 4. The van der Waals surface area contributed by atoms with Crippen molar-refractivity contribution >= 4 is 16.9 Å². The summed E-state index contributed by atoms with van der Waals surface area (Å²) in [5.41, 5.74) is 3.10. The Balaban J connectivity index is 3.21. The van der Waals surface area contributed by atoms with Crippen molar-refractivity contribution < 1.29 is 26.7 Å². The van der Waals surface area contributed by atoms with Gasteiger partial charge in [-0.05, 0) is 0 Å². The summed E-state index contributed by atoms with van der Waals surface area (Å²) in [6, 6.07) is 0. The van der Waals surface area contributed by atoms with Crippen LogP contribution in [0.4, 0.5) is 22.0 Å². The van der Waals surface area contributed by atoms with E-state index in [0.29, 0.717) is 16.4 Å². The molecule has 0 amide bonds. The van der Waals surface area contributed by atoms with Gasteiger partial charge in [-0.25, -0.2) is 4.68 Å². The number of aromatic nitrogens is 2. The summed E-state index contributed by atoms with van der Waals surface area (Å²) in [6.07, 6.45) is -4.81. The number of ether oxygens (including phenoxy) is 1. The highest BCUT2D eigenvalue weighted by Gasteiger charge is 2.39. The zero-order valence-electron chi connectivity index (χ0n) is 9.46. The van der Waals surface area contributed by atoms with Crippen molar-refractivity contribution in [3.63, 3.8) is 0 Å². The molecule has 0 fully saturated rings. The van der Waals surface area contributed by atoms with Gasteiger partial charge in [-0.3, -0.25) is 5.41 Å². The molecule has 0 aliphatic rings. The van der Waals surface area contributed by atoms with E-state index in [1.54, 1.807) is 0 Å². The Kier molecular flexibility index (Phi) is 4.61. The minimum absolute atomic E-state index is 0.444. The number of nitrogens with zero attached hydrogens (tertiary/aromatic N) is 2. The van der Waals surface area contributed by atoms with Crippen molar-refractivity contribution in [1.82, 2.24) is 9.78 Å². The monoisotopic (exact) mass is 304 g/mol. The molecule has 0 saturated carbocycles. The predicted octanol–water partition coefficient (Wildman–Crippen LogP) is 2.17. The molecule has 0 aliphatic carbocycles. The van der Waals surface area contributed by atoms with E-state index in [4.69, 9.17) is 11.1 Å². The van der Waals surface area contributed by atoms with Crippen LogP contribution in [0.3, 0.4) is 0 Å². The fraction of sp³-hybridized carbons (Fsp3) is 0.500. The molecule has 0 unspecified atom stereocenters. The van der Waals surface area contributed by atoms with Crippen LogP contribution >= 0.6 is 11.8 Å². The molecule has 0 radical (unpaired) electrons. The summed E-state index contributed by atoms with van der Waals surface area (Å²) in [6.45, 7) is -3.28. The standard InChI is InChI=1S/C8H9F5N4OS/c1-17-5(18-6(9)10)3(2-19-7(14)15)4(16-17)8(11,12)13/h6H,2H2,1H3,(H3,14,15). The molecule has 1 aromatic heterocycles. The molecule has 108 valence electrons. The highest BCUT2D eigenvalue weighted by Crippen LogP contribution is 2.37. The second-order valence-corrected chi connectivity index (χ2v) is 4.30. The Morgan fingerprint density at radius 2 is 2.11 bits per heavy atom. The Bertz CT molecular complexity index is 472. The molecule has 1 aromatic rings. The summed E-state index contributed by atoms with van der Waals surface area (Å²) in [7, 11) is 1.05. The number of hydrogen-bond donors (Lipinski definition) is 2. The number of nitrogens with two attached hydrogens (primary N) is 1. The largest absolute Gasteiger partial charge is 0.435 e. The van der Waals surface area contributed by atoms with E-state index in [-0.39, 0.29) is 0 Å². The first kappa shape index (κ1) is 15.5. The Labute approximate surface area is 108 Å². The third-order valence-electron chi connectivity index (χ3n) is 1.93. The lowest BCUT2D eigenvalue weighted by molar-refractivity contribution is -0.142. The molecule has 0 bridgehead atoms. The molecule has 0 spiro atoms. The van der Waals surface area contributed by atoms with Crippen LogP contribution in [-0.2, 0) is 19.0 Å². The van der Waals surface area contributed by atoms with E-state index in [1.165, 1.54) is 0 Å². The maximum absolute atomic E-state index is 12.7. The number of thioether (sulfide) groups is 1. The van der Waals surface area contributed by atoms with Crippen LogP contribution < -0.4 is 10.5 Å². The number of aryl methyl sites for hydroxylation is 1. The van der Waals surface area contributed by atoms with E-state index in [2.05, 4.69) is 9.84 Å². The minimum atomic E-state index is -4.81. The number of halogens is 5. The Morgan fingerprint density at radius 3 is 2.53 bits per heavy atom. The molecule has 1 heterocycles. The zero-order chi connectivity index (χ0) is 14.8. The topological polar surface area (TPSA) is 76.9 Å². The van der Waals surface area contributed by atoms with Crippen LogP contribution in [0.2, 0.25) is 0 Å². The molecular formula is C8H9F5N4OS. The zero-order valence-corrected chi connectivity index (χ0v) is 10.3. The van der Waals surface area contributed by atoms with Crippen LogP contribution in [0.1, 0.15) is 11.3 Å². The highest BCUT2D eigenvalue weighted by atomic mass is 32.2. The van der Waals surface area contributed by atoms with Crippen molar-refractivity contribution in [2.45, 2.75) is 18.5 Å². The van der Waals surface area contributed by atoms with E-state index in [9.17, 15) is 22.0 Å². The van der Waals surface area contributed by atoms with Gasteiger partial charge in [0, 0.05) is 12.8 Å². The van der Waals surface area contributed by atoms with Gasteiger partial charge in [0.15, 0.2) is 10.9 Å². The molecule has 11 heteroatoms. The lowest BCUT2D eigenvalue weighted by Crippen LogP contribution is -2.11. The SMILES string of the molecule is Cn1nc(C(F)(F)F)c(CSC(=N)N)c1OC(F)F. The van der Waals surface area contributed by atoms with Gasteiger partial charge >= 0.3 is 12.8 Å².